The van der Waals surface area contributed by atoms with E-state index in [-0.39, 0.29) is 22.6 Å². The third kappa shape index (κ3) is 4.63. The van der Waals surface area contributed by atoms with Crippen LogP contribution in [0, 0.1) is 0 Å². The molecule has 3 N–H and O–H groups in total. The summed E-state index contributed by atoms with van der Waals surface area (Å²) in [4.78, 5) is 10.9. The predicted molar refractivity (Wildman–Crippen MR) is 79.4 cm³/mol. The number of phenols is 1. The van der Waals surface area contributed by atoms with E-state index >= 15 is 0 Å². The Hall–Kier alpha value is -3.23. The molecule has 0 aliphatic carbocycles. The summed E-state index contributed by atoms with van der Waals surface area (Å²) in [6, 6.07) is 8.79. The van der Waals surface area contributed by atoms with E-state index in [0.29, 0.717) is 0 Å². The molecule has 24 heavy (non-hydrogen) atoms. The maximum Gasteiger partial charge on any atom is 0.573 e. The van der Waals surface area contributed by atoms with Crippen LogP contribution in [0.5, 0.6) is 11.5 Å². The van der Waals surface area contributed by atoms with Crippen molar-refractivity contribution >= 4 is 17.9 Å². The van der Waals surface area contributed by atoms with Gasteiger partial charge in [-0.1, -0.05) is 12.1 Å². The summed E-state index contributed by atoms with van der Waals surface area (Å²) >= 11 is 0. The molecule has 0 fully saturated rings. The number of nitrogens with zero attached hydrogens (tertiary/aromatic N) is 1. The van der Waals surface area contributed by atoms with Crippen molar-refractivity contribution in [3.8, 4) is 11.5 Å². The largest absolute Gasteiger partial charge is 0.573 e. The number of hydrazone groups is 1. The molecule has 0 spiro atoms. The minimum atomic E-state index is -4.85. The van der Waals surface area contributed by atoms with Crippen molar-refractivity contribution < 1.29 is 32.9 Å². The summed E-state index contributed by atoms with van der Waals surface area (Å²) in [6.07, 6.45) is -3.78. The minimum Gasteiger partial charge on any atom is -0.507 e. The summed E-state index contributed by atoms with van der Waals surface area (Å²) in [7, 11) is 0. The number of phenolic OH excluding ortho intramolecular Hbond substituents is 1. The number of aromatic carboxylic acids is 1. The number of hydrogen-bond donors (Lipinski definition) is 3. The fourth-order valence-corrected chi connectivity index (χ4v) is 1.73. The number of nitrogens with one attached hydrogen (secondary N) is 1. The van der Waals surface area contributed by atoms with Crippen molar-refractivity contribution in [2.45, 2.75) is 6.36 Å². The Morgan fingerprint density at radius 1 is 1.21 bits per heavy atom. The van der Waals surface area contributed by atoms with E-state index in [9.17, 15) is 23.1 Å². The van der Waals surface area contributed by atoms with Crippen LogP contribution in [0.4, 0.5) is 18.9 Å². The van der Waals surface area contributed by atoms with Gasteiger partial charge in [0, 0.05) is 5.56 Å². The van der Waals surface area contributed by atoms with Gasteiger partial charge in [0.05, 0.1) is 17.5 Å². The smallest absolute Gasteiger partial charge is 0.507 e. The molecule has 0 heterocycles. The van der Waals surface area contributed by atoms with Crippen LogP contribution in [-0.4, -0.2) is 28.8 Å². The number of halogens is 3. The number of aromatic hydroxyl groups is 1. The molecule has 2 aromatic carbocycles. The van der Waals surface area contributed by atoms with Gasteiger partial charge >= 0.3 is 12.3 Å². The number of alkyl halides is 3. The number of hydrogen-bond acceptors (Lipinski definition) is 5. The van der Waals surface area contributed by atoms with E-state index in [1.165, 1.54) is 36.4 Å². The molecule has 0 saturated carbocycles. The quantitative estimate of drug-likeness (QED) is 0.573. The van der Waals surface area contributed by atoms with E-state index in [1.807, 2.05) is 0 Å². The van der Waals surface area contributed by atoms with Gasteiger partial charge in [-0.15, -0.1) is 13.2 Å². The molecule has 0 unspecified atom stereocenters. The highest BCUT2D eigenvalue weighted by molar-refractivity contribution is 5.92. The van der Waals surface area contributed by atoms with E-state index in [2.05, 4.69) is 15.3 Å². The molecule has 0 aliphatic rings. The van der Waals surface area contributed by atoms with Gasteiger partial charge in [0.15, 0.2) is 5.75 Å². The van der Waals surface area contributed by atoms with Crippen molar-refractivity contribution in [2.75, 3.05) is 5.43 Å². The number of benzene rings is 2. The number of carboxylic acid groups (broad SMARTS) is 1. The second-order valence-electron chi connectivity index (χ2n) is 4.49. The van der Waals surface area contributed by atoms with Crippen LogP contribution in [0.15, 0.2) is 47.6 Å². The monoisotopic (exact) mass is 340 g/mol. The zero-order valence-electron chi connectivity index (χ0n) is 11.9. The number of anilines is 1. The van der Waals surface area contributed by atoms with Crippen LogP contribution in [0.25, 0.3) is 0 Å². The van der Waals surface area contributed by atoms with Crippen molar-refractivity contribution in [1.29, 1.82) is 0 Å². The van der Waals surface area contributed by atoms with Crippen LogP contribution in [0.3, 0.4) is 0 Å². The van der Waals surface area contributed by atoms with E-state index in [4.69, 9.17) is 5.11 Å². The number of para-hydroxylation sites is 2. The number of ether oxygens (including phenoxy) is 1. The Labute approximate surface area is 133 Å². The first-order chi connectivity index (χ1) is 11.3. The third-order valence-corrected chi connectivity index (χ3v) is 2.78. The molecule has 0 aliphatic heterocycles. The lowest BCUT2D eigenvalue weighted by molar-refractivity contribution is -0.274. The molecule has 9 heteroatoms. The van der Waals surface area contributed by atoms with Crippen LogP contribution >= 0.6 is 0 Å². The maximum absolute atomic E-state index is 12.3. The summed E-state index contributed by atoms with van der Waals surface area (Å²) in [6.45, 7) is 0. The Balaban J connectivity index is 2.18. The Morgan fingerprint density at radius 3 is 2.58 bits per heavy atom. The molecule has 0 amide bonds. The van der Waals surface area contributed by atoms with Gasteiger partial charge < -0.3 is 14.9 Å². The molecular formula is C15H11F3N2O4. The van der Waals surface area contributed by atoms with Gasteiger partial charge in [-0.25, -0.2) is 4.79 Å². The average molecular weight is 340 g/mol. The molecule has 2 rings (SSSR count). The van der Waals surface area contributed by atoms with Gasteiger partial charge in [-0.05, 0) is 30.3 Å². The predicted octanol–water partition coefficient (Wildman–Crippen LogP) is 3.44. The van der Waals surface area contributed by atoms with E-state index < -0.39 is 18.1 Å². The number of rotatable bonds is 5. The maximum atomic E-state index is 12.3. The first kappa shape index (κ1) is 17.1. The molecule has 6 nitrogen and oxygen atoms in total. The molecule has 0 aromatic heterocycles. The summed E-state index contributed by atoms with van der Waals surface area (Å²) in [5.74, 6) is -1.91. The first-order valence-corrected chi connectivity index (χ1v) is 6.46. The number of carbonyl (C=O) groups is 1. The minimum absolute atomic E-state index is 0.0556. The average Bonchev–Trinajstić information content (AvgIpc) is 2.49. The summed E-state index contributed by atoms with van der Waals surface area (Å²) in [5.41, 5.74) is 2.30. The standard InChI is InChI=1S/C15H11F3N2O4/c16-15(17,18)24-13-4-2-1-3-11(13)20-19-8-10-7-9(14(22)23)5-6-12(10)21/h1-8,20-21H,(H,22,23)/b19-8+. The highest BCUT2D eigenvalue weighted by Gasteiger charge is 2.32. The SMILES string of the molecule is O=C(O)c1ccc(O)c(/C=N/Nc2ccccc2OC(F)(F)F)c1. The van der Waals surface area contributed by atoms with Crippen LogP contribution in [0.1, 0.15) is 15.9 Å². The fourth-order valence-electron chi connectivity index (χ4n) is 1.73. The fraction of sp³-hybridized carbons (Fsp3) is 0.0667. The second kappa shape index (κ2) is 6.90. The normalized spacial score (nSPS) is 11.5. The van der Waals surface area contributed by atoms with Crippen LogP contribution in [0.2, 0.25) is 0 Å². The zero-order valence-corrected chi connectivity index (χ0v) is 11.9. The van der Waals surface area contributed by atoms with Crippen molar-refractivity contribution in [3.63, 3.8) is 0 Å². The van der Waals surface area contributed by atoms with Crippen LogP contribution < -0.4 is 10.2 Å². The molecule has 0 atom stereocenters. The van der Waals surface area contributed by atoms with Crippen LogP contribution in [-0.2, 0) is 0 Å². The second-order valence-corrected chi connectivity index (χ2v) is 4.49. The number of carboxylic acids is 1. The van der Waals surface area contributed by atoms with Gasteiger partial charge in [0.2, 0.25) is 0 Å². The summed E-state index contributed by atoms with van der Waals surface area (Å²) < 4.78 is 40.8. The van der Waals surface area contributed by atoms with Gasteiger partial charge in [-0.3, -0.25) is 5.43 Å². The van der Waals surface area contributed by atoms with Crippen molar-refractivity contribution in [1.82, 2.24) is 0 Å². The van der Waals surface area contributed by atoms with Gasteiger partial charge in [0.25, 0.3) is 0 Å². The van der Waals surface area contributed by atoms with E-state index in [1.54, 1.807) is 0 Å². The zero-order chi connectivity index (χ0) is 17.7. The lowest BCUT2D eigenvalue weighted by Crippen LogP contribution is -2.17. The molecular weight excluding hydrogens is 329 g/mol. The summed E-state index contributed by atoms with van der Waals surface area (Å²) in [5, 5.41) is 22.2. The highest BCUT2D eigenvalue weighted by Crippen LogP contribution is 2.29. The Kier molecular flexibility index (Phi) is 4.93. The molecule has 0 bridgehead atoms. The molecule has 2 aromatic rings. The first-order valence-electron chi connectivity index (χ1n) is 6.46. The molecule has 126 valence electrons. The Bertz CT molecular complexity index is 776. The topological polar surface area (TPSA) is 91.2 Å². The van der Waals surface area contributed by atoms with E-state index in [0.717, 1.165) is 12.3 Å². The Morgan fingerprint density at radius 2 is 1.92 bits per heavy atom. The molecule has 0 radical (unpaired) electrons. The van der Waals surface area contributed by atoms with Gasteiger partial charge in [-0.2, -0.15) is 5.10 Å². The molecule has 0 saturated heterocycles. The lowest BCUT2D eigenvalue weighted by atomic mass is 10.1. The highest BCUT2D eigenvalue weighted by atomic mass is 19.4. The van der Waals surface area contributed by atoms with Crippen molar-refractivity contribution in [2.24, 2.45) is 5.10 Å². The van der Waals surface area contributed by atoms with Crippen molar-refractivity contribution in [3.05, 3.63) is 53.6 Å². The van der Waals surface area contributed by atoms with Gasteiger partial charge in [0.1, 0.15) is 5.75 Å². The lowest BCUT2D eigenvalue weighted by Gasteiger charge is -2.12. The third-order valence-electron chi connectivity index (χ3n) is 2.78.